The van der Waals surface area contributed by atoms with Gasteiger partial charge >= 0.3 is 0 Å². The Morgan fingerprint density at radius 3 is 2.41 bits per heavy atom. The highest BCUT2D eigenvalue weighted by Gasteiger charge is 2.09. The number of hydrogen-bond donors (Lipinski definition) is 3. The molecule has 0 saturated carbocycles. The minimum atomic E-state index is -0.727. The second-order valence-corrected chi connectivity index (χ2v) is 5.29. The van der Waals surface area contributed by atoms with Gasteiger partial charge in [-0.2, -0.15) is 0 Å². The molecule has 0 bridgehead atoms. The first kappa shape index (κ1) is 16.5. The average molecular weight is 301 g/mol. The summed E-state index contributed by atoms with van der Waals surface area (Å²) in [5.41, 5.74) is 3.29. The van der Waals surface area contributed by atoms with Gasteiger partial charge < -0.3 is 20.3 Å². The minimum Gasteiger partial charge on any atom is -0.496 e. The standard InChI is InChI=1S/C18H23NO3/c1-13(19-11-16(21)12-20)14-7-9-15(10-8-14)17-5-3-4-6-18(17)22-2/h3-10,13,16,19-21H,11-12H2,1-2H3. The first-order chi connectivity index (χ1) is 10.7. The van der Waals surface area contributed by atoms with Gasteiger partial charge in [0.25, 0.3) is 0 Å². The Kier molecular flexibility index (Phi) is 5.95. The van der Waals surface area contributed by atoms with Crippen molar-refractivity contribution < 1.29 is 14.9 Å². The van der Waals surface area contributed by atoms with Gasteiger partial charge in [-0.25, -0.2) is 0 Å². The Balaban J connectivity index is 2.10. The smallest absolute Gasteiger partial charge is 0.126 e. The Bertz CT molecular complexity index is 583. The first-order valence-corrected chi connectivity index (χ1v) is 7.41. The molecule has 3 N–H and O–H groups in total. The molecule has 0 aromatic heterocycles. The normalized spacial score (nSPS) is 13.6. The fourth-order valence-corrected chi connectivity index (χ4v) is 2.33. The Morgan fingerprint density at radius 2 is 1.77 bits per heavy atom. The van der Waals surface area contributed by atoms with Crippen LogP contribution in [0.5, 0.6) is 5.75 Å². The third-order valence-electron chi connectivity index (χ3n) is 3.70. The zero-order chi connectivity index (χ0) is 15.9. The summed E-state index contributed by atoms with van der Waals surface area (Å²) in [5.74, 6) is 0.854. The monoisotopic (exact) mass is 301 g/mol. The molecular weight excluding hydrogens is 278 g/mol. The van der Waals surface area contributed by atoms with Crippen molar-refractivity contribution in [3.8, 4) is 16.9 Å². The number of nitrogens with one attached hydrogen (secondary N) is 1. The third-order valence-corrected chi connectivity index (χ3v) is 3.70. The summed E-state index contributed by atoms with van der Waals surface area (Å²) in [6, 6.07) is 16.3. The molecule has 2 aromatic carbocycles. The number of ether oxygens (including phenoxy) is 1. The van der Waals surface area contributed by atoms with E-state index in [9.17, 15) is 5.11 Å². The largest absolute Gasteiger partial charge is 0.496 e. The van der Waals surface area contributed by atoms with Crippen LogP contribution in [0.15, 0.2) is 48.5 Å². The van der Waals surface area contributed by atoms with Crippen molar-refractivity contribution >= 4 is 0 Å². The van der Waals surface area contributed by atoms with Crippen LogP contribution in [-0.4, -0.2) is 36.6 Å². The van der Waals surface area contributed by atoms with Crippen molar-refractivity contribution in [2.75, 3.05) is 20.3 Å². The van der Waals surface area contributed by atoms with Gasteiger partial charge in [0.2, 0.25) is 0 Å². The van der Waals surface area contributed by atoms with Gasteiger partial charge in [0.1, 0.15) is 5.75 Å². The summed E-state index contributed by atoms with van der Waals surface area (Å²) in [5, 5.41) is 21.4. The molecule has 0 amide bonds. The van der Waals surface area contributed by atoms with Gasteiger partial charge in [-0.1, -0.05) is 42.5 Å². The molecule has 2 atom stereocenters. The van der Waals surface area contributed by atoms with Gasteiger partial charge in [0.15, 0.2) is 0 Å². The molecule has 2 unspecified atom stereocenters. The number of aliphatic hydroxyl groups excluding tert-OH is 2. The Labute approximate surface area is 131 Å². The highest BCUT2D eigenvalue weighted by Crippen LogP contribution is 2.30. The summed E-state index contributed by atoms with van der Waals surface area (Å²) < 4.78 is 5.39. The van der Waals surface area contributed by atoms with E-state index in [4.69, 9.17) is 9.84 Å². The fourth-order valence-electron chi connectivity index (χ4n) is 2.33. The molecule has 0 heterocycles. The Hall–Kier alpha value is -1.88. The van der Waals surface area contributed by atoms with E-state index in [0.29, 0.717) is 6.54 Å². The van der Waals surface area contributed by atoms with E-state index in [1.54, 1.807) is 7.11 Å². The number of aliphatic hydroxyl groups is 2. The second-order valence-electron chi connectivity index (χ2n) is 5.29. The van der Waals surface area contributed by atoms with Crippen LogP contribution in [0, 0.1) is 0 Å². The molecule has 4 heteroatoms. The maximum absolute atomic E-state index is 9.38. The number of benzene rings is 2. The van der Waals surface area contributed by atoms with Gasteiger partial charge in [-0.3, -0.25) is 0 Å². The topological polar surface area (TPSA) is 61.7 Å². The van der Waals surface area contributed by atoms with Crippen LogP contribution < -0.4 is 10.1 Å². The first-order valence-electron chi connectivity index (χ1n) is 7.41. The van der Waals surface area contributed by atoms with Crippen molar-refractivity contribution in [3.63, 3.8) is 0 Å². The van der Waals surface area contributed by atoms with Crippen LogP contribution in [0.2, 0.25) is 0 Å². The lowest BCUT2D eigenvalue weighted by atomic mass is 10.0. The minimum absolute atomic E-state index is 0.105. The van der Waals surface area contributed by atoms with E-state index in [0.717, 1.165) is 22.4 Å². The second kappa shape index (κ2) is 7.94. The predicted octanol–water partition coefficient (Wildman–Crippen LogP) is 2.37. The summed E-state index contributed by atoms with van der Waals surface area (Å²) in [6.45, 7) is 2.17. The lowest BCUT2D eigenvalue weighted by molar-refractivity contribution is 0.0924. The molecule has 118 valence electrons. The molecule has 2 rings (SSSR count). The quantitative estimate of drug-likeness (QED) is 0.735. The molecule has 0 aliphatic rings. The zero-order valence-electron chi connectivity index (χ0n) is 13.0. The SMILES string of the molecule is COc1ccccc1-c1ccc(C(C)NCC(O)CO)cc1. The summed E-state index contributed by atoms with van der Waals surface area (Å²) in [6.07, 6.45) is -0.727. The van der Waals surface area contributed by atoms with Crippen molar-refractivity contribution in [3.05, 3.63) is 54.1 Å². The highest BCUT2D eigenvalue weighted by atomic mass is 16.5. The van der Waals surface area contributed by atoms with Crippen molar-refractivity contribution in [2.24, 2.45) is 0 Å². The van der Waals surface area contributed by atoms with E-state index in [2.05, 4.69) is 29.6 Å². The number of para-hydroxylation sites is 1. The van der Waals surface area contributed by atoms with E-state index in [1.165, 1.54) is 0 Å². The van der Waals surface area contributed by atoms with Crippen LogP contribution in [0.25, 0.3) is 11.1 Å². The van der Waals surface area contributed by atoms with Crippen LogP contribution in [0.4, 0.5) is 0 Å². The molecule has 0 radical (unpaired) electrons. The number of methoxy groups -OCH3 is 1. The van der Waals surface area contributed by atoms with Crippen LogP contribution >= 0.6 is 0 Å². The molecule has 0 aliphatic carbocycles. The van der Waals surface area contributed by atoms with Crippen molar-refractivity contribution in [2.45, 2.75) is 19.1 Å². The maximum Gasteiger partial charge on any atom is 0.126 e. The van der Waals surface area contributed by atoms with Gasteiger partial charge in [-0.05, 0) is 24.1 Å². The van der Waals surface area contributed by atoms with E-state index >= 15 is 0 Å². The predicted molar refractivity (Wildman–Crippen MR) is 87.9 cm³/mol. The van der Waals surface area contributed by atoms with Gasteiger partial charge in [-0.15, -0.1) is 0 Å². The zero-order valence-corrected chi connectivity index (χ0v) is 13.0. The number of hydrogen-bond acceptors (Lipinski definition) is 4. The molecule has 4 nitrogen and oxygen atoms in total. The van der Waals surface area contributed by atoms with E-state index < -0.39 is 6.10 Å². The molecule has 2 aromatic rings. The molecule has 22 heavy (non-hydrogen) atoms. The number of rotatable bonds is 7. The van der Waals surface area contributed by atoms with Crippen molar-refractivity contribution in [1.82, 2.24) is 5.32 Å². The summed E-state index contributed by atoms with van der Waals surface area (Å²) in [4.78, 5) is 0. The van der Waals surface area contributed by atoms with E-state index in [1.807, 2.05) is 31.2 Å². The third kappa shape index (κ3) is 4.07. The summed E-state index contributed by atoms with van der Waals surface area (Å²) >= 11 is 0. The lowest BCUT2D eigenvalue weighted by Gasteiger charge is -2.17. The molecule has 0 saturated heterocycles. The van der Waals surface area contributed by atoms with Gasteiger partial charge in [0, 0.05) is 18.2 Å². The van der Waals surface area contributed by atoms with Crippen molar-refractivity contribution in [1.29, 1.82) is 0 Å². The fraction of sp³-hybridized carbons (Fsp3) is 0.333. The highest BCUT2D eigenvalue weighted by molar-refractivity contribution is 5.70. The molecule has 0 spiro atoms. The van der Waals surface area contributed by atoms with E-state index in [-0.39, 0.29) is 12.6 Å². The Morgan fingerprint density at radius 1 is 1.09 bits per heavy atom. The van der Waals surface area contributed by atoms with Gasteiger partial charge in [0.05, 0.1) is 19.8 Å². The molecule has 0 fully saturated rings. The van der Waals surface area contributed by atoms with Crippen LogP contribution in [0.3, 0.4) is 0 Å². The summed E-state index contributed by atoms with van der Waals surface area (Å²) in [7, 11) is 1.67. The maximum atomic E-state index is 9.38. The molecule has 0 aliphatic heterocycles. The molecular formula is C18H23NO3. The van der Waals surface area contributed by atoms with Crippen LogP contribution in [-0.2, 0) is 0 Å². The van der Waals surface area contributed by atoms with Crippen LogP contribution in [0.1, 0.15) is 18.5 Å². The lowest BCUT2D eigenvalue weighted by Crippen LogP contribution is -2.31. The average Bonchev–Trinajstić information content (AvgIpc) is 2.59.